The number of nitrogens with one attached hydrogen (secondary N) is 2. The van der Waals surface area contributed by atoms with Gasteiger partial charge in [0.05, 0.1) is 31.1 Å². The Kier molecular flexibility index (Phi) is 5.96. The highest BCUT2D eigenvalue weighted by Gasteiger charge is 2.23. The van der Waals surface area contributed by atoms with E-state index < -0.39 is 0 Å². The molecule has 1 aliphatic rings. The summed E-state index contributed by atoms with van der Waals surface area (Å²) in [7, 11) is 1.62. The van der Waals surface area contributed by atoms with Gasteiger partial charge in [-0.15, -0.1) is 0 Å². The van der Waals surface area contributed by atoms with Crippen LogP contribution < -0.4 is 20.3 Å². The van der Waals surface area contributed by atoms with Gasteiger partial charge < -0.3 is 20.3 Å². The van der Waals surface area contributed by atoms with Crippen molar-refractivity contribution in [2.75, 3.05) is 30.4 Å². The number of rotatable bonds is 7. The zero-order valence-corrected chi connectivity index (χ0v) is 15.7. The second-order valence-electron chi connectivity index (χ2n) is 6.55. The molecule has 0 saturated carbocycles. The SMILES string of the molecule is COc1ccccc1C(C)NC(=O)CNc1ccccc1N1CCCC1=O. The van der Waals surface area contributed by atoms with Gasteiger partial charge in [0.15, 0.2) is 0 Å². The lowest BCUT2D eigenvalue weighted by Crippen LogP contribution is -2.32. The van der Waals surface area contributed by atoms with Crippen molar-refractivity contribution in [1.82, 2.24) is 5.32 Å². The average Bonchev–Trinajstić information content (AvgIpc) is 3.12. The van der Waals surface area contributed by atoms with Crippen molar-refractivity contribution >= 4 is 23.2 Å². The normalized spacial score (nSPS) is 14.7. The number of methoxy groups -OCH3 is 1. The second kappa shape index (κ2) is 8.58. The quantitative estimate of drug-likeness (QED) is 0.789. The van der Waals surface area contributed by atoms with Gasteiger partial charge in [0, 0.05) is 18.5 Å². The summed E-state index contributed by atoms with van der Waals surface area (Å²) in [4.78, 5) is 26.2. The van der Waals surface area contributed by atoms with E-state index in [1.807, 2.05) is 55.5 Å². The molecule has 0 aliphatic carbocycles. The van der Waals surface area contributed by atoms with Crippen molar-refractivity contribution in [3.63, 3.8) is 0 Å². The summed E-state index contributed by atoms with van der Waals surface area (Å²) in [6.45, 7) is 2.76. The van der Waals surface area contributed by atoms with Gasteiger partial charge in [-0.1, -0.05) is 30.3 Å². The van der Waals surface area contributed by atoms with Crippen LogP contribution in [0.4, 0.5) is 11.4 Å². The van der Waals surface area contributed by atoms with E-state index in [4.69, 9.17) is 4.74 Å². The van der Waals surface area contributed by atoms with Crippen LogP contribution in [-0.2, 0) is 9.59 Å². The van der Waals surface area contributed by atoms with Crippen LogP contribution in [0.2, 0.25) is 0 Å². The van der Waals surface area contributed by atoms with Crippen molar-refractivity contribution in [3.8, 4) is 5.75 Å². The molecule has 142 valence electrons. The van der Waals surface area contributed by atoms with Crippen LogP contribution in [0, 0.1) is 0 Å². The third kappa shape index (κ3) is 4.39. The van der Waals surface area contributed by atoms with E-state index in [9.17, 15) is 9.59 Å². The number of hydrogen-bond donors (Lipinski definition) is 2. The summed E-state index contributed by atoms with van der Waals surface area (Å²) in [5, 5.41) is 6.14. The lowest BCUT2D eigenvalue weighted by molar-refractivity contribution is -0.120. The first-order chi connectivity index (χ1) is 13.1. The Balaban J connectivity index is 1.62. The summed E-state index contributed by atoms with van der Waals surface area (Å²) in [5.41, 5.74) is 2.54. The summed E-state index contributed by atoms with van der Waals surface area (Å²) < 4.78 is 5.36. The van der Waals surface area contributed by atoms with Gasteiger partial charge in [0.1, 0.15) is 5.75 Å². The van der Waals surface area contributed by atoms with Crippen LogP contribution in [0.3, 0.4) is 0 Å². The van der Waals surface area contributed by atoms with E-state index >= 15 is 0 Å². The van der Waals surface area contributed by atoms with Gasteiger partial charge in [0.2, 0.25) is 11.8 Å². The van der Waals surface area contributed by atoms with E-state index in [-0.39, 0.29) is 24.4 Å². The number of carbonyl (C=O) groups is 2. The molecular formula is C21H25N3O3. The largest absolute Gasteiger partial charge is 0.496 e. The lowest BCUT2D eigenvalue weighted by Gasteiger charge is -2.21. The van der Waals surface area contributed by atoms with Gasteiger partial charge in [-0.3, -0.25) is 9.59 Å². The standard InChI is InChI=1S/C21H25N3O3/c1-15(16-8-3-6-11-19(16)27-2)23-20(25)14-22-17-9-4-5-10-18(17)24-13-7-12-21(24)26/h3-6,8-11,15,22H,7,12-14H2,1-2H3,(H,23,25). The molecular weight excluding hydrogens is 342 g/mol. The molecule has 0 aromatic heterocycles. The minimum absolute atomic E-state index is 0.124. The molecule has 0 bridgehead atoms. The molecule has 6 heteroatoms. The summed E-state index contributed by atoms with van der Waals surface area (Å²) in [5.74, 6) is 0.741. The summed E-state index contributed by atoms with van der Waals surface area (Å²) in [6.07, 6.45) is 1.44. The number of hydrogen-bond acceptors (Lipinski definition) is 4. The third-order valence-corrected chi connectivity index (χ3v) is 4.69. The Hall–Kier alpha value is -3.02. The first kappa shape index (κ1) is 18.8. The van der Waals surface area contributed by atoms with Crippen molar-refractivity contribution in [1.29, 1.82) is 0 Å². The topological polar surface area (TPSA) is 70.7 Å². The number of carbonyl (C=O) groups excluding carboxylic acids is 2. The second-order valence-corrected chi connectivity index (χ2v) is 6.55. The molecule has 27 heavy (non-hydrogen) atoms. The maximum absolute atomic E-state index is 12.4. The van der Waals surface area contributed by atoms with Crippen molar-refractivity contribution in [2.45, 2.75) is 25.8 Å². The molecule has 1 heterocycles. The molecule has 1 unspecified atom stereocenters. The number of para-hydroxylation sites is 3. The summed E-state index contributed by atoms with van der Waals surface area (Å²) >= 11 is 0. The molecule has 3 rings (SSSR count). The van der Waals surface area contributed by atoms with E-state index in [2.05, 4.69) is 10.6 Å². The molecule has 0 radical (unpaired) electrons. The van der Waals surface area contributed by atoms with E-state index in [1.165, 1.54) is 0 Å². The monoisotopic (exact) mass is 367 g/mol. The summed E-state index contributed by atoms with van der Waals surface area (Å²) in [6, 6.07) is 15.0. The van der Waals surface area contributed by atoms with Crippen molar-refractivity contribution in [3.05, 3.63) is 54.1 Å². The third-order valence-electron chi connectivity index (χ3n) is 4.69. The molecule has 2 aromatic rings. The minimum atomic E-state index is -0.175. The Morgan fingerprint density at radius 1 is 1.19 bits per heavy atom. The first-order valence-electron chi connectivity index (χ1n) is 9.15. The van der Waals surface area contributed by atoms with Crippen LogP contribution in [0.15, 0.2) is 48.5 Å². The maximum atomic E-state index is 12.4. The Morgan fingerprint density at radius 3 is 2.67 bits per heavy atom. The van der Waals surface area contributed by atoms with E-state index in [0.29, 0.717) is 13.0 Å². The maximum Gasteiger partial charge on any atom is 0.239 e. The number of benzene rings is 2. The van der Waals surface area contributed by atoms with Crippen LogP contribution in [0.5, 0.6) is 5.75 Å². The fraction of sp³-hybridized carbons (Fsp3) is 0.333. The Labute approximate surface area is 159 Å². The predicted octanol–water partition coefficient (Wildman–Crippen LogP) is 3.11. The minimum Gasteiger partial charge on any atom is -0.496 e. The van der Waals surface area contributed by atoms with Crippen LogP contribution >= 0.6 is 0 Å². The zero-order valence-electron chi connectivity index (χ0n) is 15.7. The van der Waals surface area contributed by atoms with Gasteiger partial charge in [0.25, 0.3) is 0 Å². The van der Waals surface area contributed by atoms with E-state index in [1.54, 1.807) is 12.0 Å². The average molecular weight is 367 g/mol. The van der Waals surface area contributed by atoms with Gasteiger partial charge in [-0.25, -0.2) is 0 Å². The predicted molar refractivity (Wildman–Crippen MR) is 106 cm³/mol. The highest BCUT2D eigenvalue weighted by atomic mass is 16.5. The number of ether oxygens (including phenoxy) is 1. The zero-order chi connectivity index (χ0) is 19.2. The van der Waals surface area contributed by atoms with Gasteiger partial charge in [-0.05, 0) is 31.5 Å². The molecule has 1 atom stereocenters. The smallest absolute Gasteiger partial charge is 0.239 e. The van der Waals surface area contributed by atoms with Crippen molar-refractivity contribution < 1.29 is 14.3 Å². The molecule has 1 fully saturated rings. The highest BCUT2D eigenvalue weighted by molar-refractivity contribution is 5.98. The van der Waals surface area contributed by atoms with Gasteiger partial charge >= 0.3 is 0 Å². The first-order valence-corrected chi connectivity index (χ1v) is 9.15. The molecule has 0 spiro atoms. The molecule has 6 nitrogen and oxygen atoms in total. The molecule has 2 N–H and O–H groups in total. The molecule has 1 aliphatic heterocycles. The number of nitrogens with zero attached hydrogens (tertiary/aromatic N) is 1. The lowest BCUT2D eigenvalue weighted by atomic mass is 10.1. The highest BCUT2D eigenvalue weighted by Crippen LogP contribution is 2.29. The van der Waals surface area contributed by atoms with Crippen LogP contribution in [-0.4, -0.2) is 32.0 Å². The number of amides is 2. The fourth-order valence-electron chi connectivity index (χ4n) is 3.33. The van der Waals surface area contributed by atoms with Crippen LogP contribution in [0.1, 0.15) is 31.4 Å². The van der Waals surface area contributed by atoms with Crippen molar-refractivity contribution in [2.24, 2.45) is 0 Å². The number of anilines is 2. The van der Waals surface area contributed by atoms with Gasteiger partial charge in [-0.2, -0.15) is 0 Å². The molecule has 2 amide bonds. The Morgan fingerprint density at radius 2 is 1.93 bits per heavy atom. The molecule has 2 aromatic carbocycles. The van der Waals surface area contributed by atoms with Crippen LogP contribution in [0.25, 0.3) is 0 Å². The Bertz CT molecular complexity index is 822. The van der Waals surface area contributed by atoms with E-state index in [0.717, 1.165) is 29.1 Å². The fourth-order valence-corrected chi connectivity index (χ4v) is 3.33. The molecule has 1 saturated heterocycles.